The van der Waals surface area contributed by atoms with Gasteiger partial charge in [0.1, 0.15) is 12.6 Å². The lowest BCUT2D eigenvalue weighted by Crippen LogP contribution is -2.63. The third kappa shape index (κ3) is 5.13. The molecule has 3 heterocycles. The summed E-state index contributed by atoms with van der Waals surface area (Å²) in [6, 6.07) is 8.85. The fourth-order valence-electron chi connectivity index (χ4n) is 4.52. The minimum absolute atomic E-state index is 0.0563. The van der Waals surface area contributed by atoms with Crippen molar-refractivity contribution in [2.45, 2.75) is 44.9 Å². The van der Waals surface area contributed by atoms with Gasteiger partial charge >= 0.3 is 13.1 Å². The van der Waals surface area contributed by atoms with E-state index in [1.807, 2.05) is 50.8 Å². The molecule has 2 atom stereocenters. The molecule has 0 bridgehead atoms. The smallest absolute Gasteiger partial charge is 0.410 e. The van der Waals surface area contributed by atoms with Crippen LogP contribution >= 0.6 is 0 Å². The van der Waals surface area contributed by atoms with Crippen LogP contribution in [0.1, 0.15) is 18.4 Å². The van der Waals surface area contributed by atoms with Crippen LogP contribution in [0.4, 0.5) is 4.79 Å². The molecule has 2 amide bonds. The molecule has 0 spiro atoms. The number of rotatable bonds is 6. The lowest BCUT2D eigenvalue weighted by Gasteiger charge is -2.42. The molecule has 10 heteroatoms. The van der Waals surface area contributed by atoms with Gasteiger partial charge in [-0.1, -0.05) is 30.3 Å². The van der Waals surface area contributed by atoms with Gasteiger partial charge in [-0.25, -0.2) is 9.78 Å². The van der Waals surface area contributed by atoms with Gasteiger partial charge in [-0.15, -0.1) is 0 Å². The number of hydrogen-bond donors (Lipinski definition) is 1. The van der Waals surface area contributed by atoms with Gasteiger partial charge in [-0.05, 0) is 25.2 Å². The fourth-order valence-corrected chi connectivity index (χ4v) is 4.52. The van der Waals surface area contributed by atoms with Crippen molar-refractivity contribution in [3.05, 3.63) is 54.6 Å². The average molecular weight is 439 g/mol. The molecular formula is C22H30BN5O4. The highest BCUT2D eigenvalue weighted by Crippen LogP contribution is 2.23. The van der Waals surface area contributed by atoms with Crippen LogP contribution in [0.15, 0.2) is 49.1 Å². The summed E-state index contributed by atoms with van der Waals surface area (Å²) < 4.78 is 7.52. The Morgan fingerprint density at radius 2 is 2.00 bits per heavy atom. The largest absolute Gasteiger partial charge is 0.445 e. The molecule has 2 saturated heterocycles. The highest BCUT2D eigenvalue weighted by molar-refractivity contribution is 6.45. The molecule has 9 nitrogen and oxygen atoms in total. The molecular weight excluding hydrogens is 409 g/mol. The second-order valence-electron chi connectivity index (χ2n) is 8.46. The van der Waals surface area contributed by atoms with E-state index in [1.165, 1.54) is 4.90 Å². The zero-order valence-electron chi connectivity index (χ0n) is 18.4. The van der Waals surface area contributed by atoms with Crippen LogP contribution in [0.2, 0.25) is 6.82 Å². The number of imidazole rings is 1. The molecule has 2 aliphatic heterocycles. The Balaban J connectivity index is 1.47. The van der Waals surface area contributed by atoms with E-state index in [1.54, 1.807) is 19.3 Å². The van der Waals surface area contributed by atoms with Gasteiger partial charge in [0, 0.05) is 51.2 Å². The molecule has 1 N–H and O–H groups in total. The zero-order valence-corrected chi connectivity index (χ0v) is 18.4. The summed E-state index contributed by atoms with van der Waals surface area (Å²) >= 11 is 0. The Morgan fingerprint density at radius 3 is 2.72 bits per heavy atom. The maximum absolute atomic E-state index is 13.6. The van der Waals surface area contributed by atoms with Crippen LogP contribution in [-0.2, 0) is 22.7 Å². The van der Waals surface area contributed by atoms with E-state index >= 15 is 0 Å². The molecule has 0 unspecified atom stereocenters. The summed E-state index contributed by atoms with van der Waals surface area (Å²) in [6.45, 7) is 4.28. The maximum Gasteiger partial charge on any atom is 0.410 e. The molecule has 2 fully saturated rings. The first-order chi connectivity index (χ1) is 15.5. The van der Waals surface area contributed by atoms with Crippen LogP contribution in [0.3, 0.4) is 0 Å². The minimum Gasteiger partial charge on any atom is -0.445 e. The molecule has 0 saturated carbocycles. The Bertz CT molecular complexity index is 895. The second kappa shape index (κ2) is 10.2. The van der Waals surface area contributed by atoms with E-state index in [9.17, 15) is 14.6 Å². The first kappa shape index (κ1) is 22.4. The molecule has 1 aromatic carbocycles. The summed E-state index contributed by atoms with van der Waals surface area (Å²) in [5.41, 5.74) is 0.895. The SMILES string of the molecule is CB(O)N1CCN(C(=O)OCc2ccccc2)[C@@H](C(=O)N2CCC[C@@H]2Cn2ccnc2)C1. The fraction of sp³-hybridized carbons (Fsp3) is 0.500. The number of hydrogen-bond acceptors (Lipinski definition) is 6. The number of nitrogens with zero attached hydrogens (tertiary/aromatic N) is 5. The average Bonchev–Trinajstić information content (AvgIpc) is 3.50. The predicted octanol–water partition coefficient (Wildman–Crippen LogP) is 1.31. The van der Waals surface area contributed by atoms with E-state index in [4.69, 9.17) is 4.74 Å². The first-order valence-electron chi connectivity index (χ1n) is 11.2. The summed E-state index contributed by atoms with van der Waals surface area (Å²) in [5.74, 6) is -0.0883. The third-order valence-electron chi connectivity index (χ3n) is 6.31. The third-order valence-corrected chi connectivity index (χ3v) is 6.31. The van der Waals surface area contributed by atoms with Gasteiger partial charge in [0.2, 0.25) is 5.91 Å². The Labute approximate surface area is 188 Å². The number of benzene rings is 1. The topological polar surface area (TPSA) is 91.1 Å². The van der Waals surface area contributed by atoms with Crippen molar-refractivity contribution in [2.75, 3.05) is 26.2 Å². The van der Waals surface area contributed by atoms with E-state index in [0.717, 1.165) is 18.4 Å². The number of likely N-dealkylation sites (tertiary alicyclic amines) is 1. The van der Waals surface area contributed by atoms with Crippen molar-refractivity contribution in [3.8, 4) is 0 Å². The summed E-state index contributed by atoms with van der Waals surface area (Å²) in [6.07, 6.45) is 6.72. The first-order valence-corrected chi connectivity index (χ1v) is 11.2. The van der Waals surface area contributed by atoms with Crippen LogP contribution in [0, 0.1) is 0 Å². The van der Waals surface area contributed by atoms with Crippen LogP contribution in [0.5, 0.6) is 0 Å². The molecule has 32 heavy (non-hydrogen) atoms. The van der Waals surface area contributed by atoms with Gasteiger partial charge in [0.05, 0.1) is 6.33 Å². The quantitative estimate of drug-likeness (QED) is 0.683. The molecule has 2 aromatic rings. The van der Waals surface area contributed by atoms with Gasteiger partial charge in [0.15, 0.2) is 0 Å². The number of amides is 2. The van der Waals surface area contributed by atoms with Crippen LogP contribution < -0.4 is 0 Å². The molecule has 1 aromatic heterocycles. The lowest BCUT2D eigenvalue weighted by atomic mass is 9.83. The molecule has 170 valence electrons. The molecule has 0 radical (unpaired) electrons. The van der Waals surface area contributed by atoms with Crippen molar-refractivity contribution in [1.82, 2.24) is 24.2 Å². The van der Waals surface area contributed by atoms with Crippen molar-refractivity contribution >= 4 is 19.1 Å². The Kier molecular flexibility index (Phi) is 7.11. The minimum atomic E-state index is -0.690. The number of carbonyl (C=O) groups excluding carboxylic acids is 2. The second-order valence-corrected chi connectivity index (χ2v) is 8.46. The van der Waals surface area contributed by atoms with E-state index < -0.39 is 19.2 Å². The molecule has 2 aliphatic rings. The van der Waals surface area contributed by atoms with E-state index in [2.05, 4.69) is 4.98 Å². The van der Waals surface area contributed by atoms with Crippen LogP contribution in [0.25, 0.3) is 0 Å². The summed E-state index contributed by atoms with van der Waals surface area (Å²) in [5, 5.41) is 10.1. The van der Waals surface area contributed by atoms with Gasteiger partial charge in [-0.3, -0.25) is 9.69 Å². The van der Waals surface area contributed by atoms with Crippen LogP contribution in [-0.4, -0.2) is 86.5 Å². The van der Waals surface area contributed by atoms with Crippen molar-refractivity contribution in [1.29, 1.82) is 0 Å². The van der Waals surface area contributed by atoms with Gasteiger partial charge in [-0.2, -0.15) is 0 Å². The summed E-state index contributed by atoms with van der Waals surface area (Å²) in [7, 11) is -0.687. The highest BCUT2D eigenvalue weighted by Gasteiger charge is 2.42. The predicted molar refractivity (Wildman–Crippen MR) is 119 cm³/mol. The van der Waals surface area contributed by atoms with E-state index in [-0.39, 0.29) is 25.1 Å². The Hall–Kier alpha value is -2.85. The highest BCUT2D eigenvalue weighted by atomic mass is 16.6. The summed E-state index contributed by atoms with van der Waals surface area (Å²) in [4.78, 5) is 35.9. The number of ether oxygens (including phenoxy) is 1. The van der Waals surface area contributed by atoms with Gasteiger partial charge in [0.25, 0.3) is 0 Å². The zero-order chi connectivity index (χ0) is 22.5. The Morgan fingerprint density at radius 1 is 1.19 bits per heavy atom. The lowest BCUT2D eigenvalue weighted by molar-refractivity contribution is -0.139. The van der Waals surface area contributed by atoms with E-state index in [0.29, 0.717) is 26.2 Å². The monoisotopic (exact) mass is 439 g/mol. The molecule has 4 rings (SSSR count). The molecule has 0 aliphatic carbocycles. The van der Waals surface area contributed by atoms with Crippen molar-refractivity contribution in [2.24, 2.45) is 0 Å². The van der Waals surface area contributed by atoms with Crippen molar-refractivity contribution in [3.63, 3.8) is 0 Å². The standard InChI is InChI=1S/C22H30BN5O4/c1-23(31)26-12-13-28(22(30)32-16-18-6-3-2-4-7-18)20(15-26)21(29)27-10-5-8-19(27)14-25-11-9-24-17-25/h2-4,6-7,9,11,17,19-20,31H,5,8,10,12-16H2,1H3/t19-,20-/m1/s1. The number of piperazine rings is 1. The number of carbonyl (C=O) groups is 2. The van der Waals surface area contributed by atoms with Crippen molar-refractivity contribution < 1.29 is 19.3 Å². The van der Waals surface area contributed by atoms with Gasteiger partial charge < -0.3 is 24.0 Å². The number of aromatic nitrogens is 2. The normalized spacial score (nSPS) is 21.6. The maximum atomic E-state index is 13.6.